The van der Waals surface area contributed by atoms with E-state index < -0.39 is 17.7 Å². The molecular weight excluding hydrogens is 383 g/mol. The van der Waals surface area contributed by atoms with Gasteiger partial charge in [0.05, 0.1) is 28.9 Å². The van der Waals surface area contributed by atoms with Crippen LogP contribution in [0.4, 0.5) is 13.2 Å². The Morgan fingerprint density at radius 1 is 1.24 bits per heavy atom. The molecule has 2 heterocycles. The first-order chi connectivity index (χ1) is 13.8. The molecule has 1 fully saturated rings. The largest absolute Gasteiger partial charge is 0.465 e. The summed E-state index contributed by atoms with van der Waals surface area (Å²) in [5.74, 6) is -0.593. The maximum atomic E-state index is 14.0. The van der Waals surface area contributed by atoms with Gasteiger partial charge in [0.1, 0.15) is 6.54 Å². The van der Waals surface area contributed by atoms with E-state index >= 15 is 0 Å². The third-order valence-corrected chi connectivity index (χ3v) is 4.93. The number of pyridine rings is 1. The monoisotopic (exact) mass is 403 g/mol. The molecule has 2 aromatic heterocycles. The van der Waals surface area contributed by atoms with E-state index in [9.17, 15) is 18.0 Å². The van der Waals surface area contributed by atoms with Gasteiger partial charge in [-0.2, -0.15) is 18.3 Å². The van der Waals surface area contributed by atoms with Gasteiger partial charge in [-0.05, 0) is 32.8 Å². The van der Waals surface area contributed by atoms with Gasteiger partial charge in [0.25, 0.3) is 0 Å². The molecule has 29 heavy (non-hydrogen) atoms. The lowest BCUT2D eigenvalue weighted by molar-refractivity contribution is -0.144. The average Bonchev–Trinajstić information content (AvgIpc) is 3.44. The summed E-state index contributed by atoms with van der Waals surface area (Å²) in [7, 11) is 0. The molecule has 0 spiro atoms. The van der Waals surface area contributed by atoms with Gasteiger partial charge in [-0.3, -0.25) is 4.79 Å². The molecule has 0 amide bonds. The van der Waals surface area contributed by atoms with Crippen molar-refractivity contribution in [1.29, 1.82) is 0 Å². The van der Waals surface area contributed by atoms with E-state index in [0.717, 1.165) is 24.5 Å². The Morgan fingerprint density at radius 2 is 1.93 bits per heavy atom. The molecule has 0 bridgehead atoms. The van der Waals surface area contributed by atoms with Crippen LogP contribution in [0, 0.1) is 6.92 Å². The highest BCUT2D eigenvalue weighted by atomic mass is 19.4. The molecule has 0 atom stereocenters. The molecule has 5 nitrogen and oxygen atoms in total. The van der Waals surface area contributed by atoms with Crippen LogP contribution in [0.25, 0.3) is 22.3 Å². The summed E-state index contributed by atoms with van der Waals surface area (Å²) in [4.78, 5) is 16.5. The van der Waals surface area contributed by atoms with Gasteiger partial charge >= 0.3 is 12.1 Å². The minimum atomic E-state index is -4.57. The molecule has 0 saturated heterocycles. The van der Waals surface area contributed by atoms with Crippen LogP contribution < -0.4 is 0 Å². The highest BCUT2D eigenvalue weighted by Gasteiger charge is 2.39. The molecule has 0 radical (unpaired) electrons. The number of carbonyl (C=O) groups excluding carboxylic acids is 1. The predicted octanol–water partition coefficient (Wildman–Crippen LogP) is 4.87. The van der Waals surface area contributed by atoms with Gasteiger partial charge < -0.3 is 4.74 Å². The first-order valence-corrected chi connectivity index (χ1v) is 9.49. The van der Waals surface area contributed by atoms with Crippen molar-refractivity contribution < 1.29 is 22.7 Å². The van der Waals surface area contributed by atoms with E-state index in [2.05, 4.69) is 10.1 Å². The van der Waals surface area contributed by atoms with Gasteiger partial charge in [-0.25, -0.2) is 9.67 Å². The zero-order chi connectivity index (χ0) is 20.8. The van der Waals surface area contributed by atoms with E-state index in [1.807, 2.05) is 19.1 Å². The van der Waals surface area contributed by atoms with Crippen LogP contribution in [-0.2, 0) is 22.3 Å². The Kier molecular flexibility index (Phi) is 4.80. The summed E-state index contributed by atoms with van der Waals surface area (Å²) in [5, 5.41) is 4.34. The first-order valence-electron chi connectivity index (χ1n) is 9.49. The fourth-order valence-corrected chi connectivity index (χ4v) is 3.38. The third kappa shape index (κ3) is 3.83. The standard InChI is InChI=1S/C21H20F3N3O2/c1-3-29-17(28)11-27-20-18(19(26-27)14-8-9-14)15(21(22,23)24)10-16(25-20)13-6-4-12(2)5-7-13/h4-7,10,14H,3,8-9,11H2,1-2H3. The summed E-state index contributed by atoms with van der Waals surface area (Å²) < 4.78 is 48.1. The van der Waals surface area contributed by atoms with E-state index in [0.29, 0.717) is 11.3 Å². The second-order valence-electron chi connectivity index (χ2n) is 7.24. The number of fused-ring (bicyclic) bond motifs is 1. The number of hydrogen-bond donors (Lipinski definition) is 0. The van der Waals surface area contributed by atoms with Crippen LogP contribution in [0.15, 0.2) is 30.3 Å². The summed E-state index contributed by atoms with van der Waals surface area (Å²) in [6, 6.07) is 8.18. The van der Waals surface area contributed by atoms with Crippen molar-refractivity contribution in [2.75, 3.05) is 6.61 Å². The van der Waals surface area contributed by atoms with Crippen molar-refractivity contribution in [1.82, 2.24) is 14.8 Å². The van der Waals surface area contributed by atoms with Crippen LogP contribution in [0.2, 0.25) is 0 Å². The molecule has 0 N–H and O–H groups in total. The normalized spacial score (nSPS) is 14.4. The molecule has 1 saturated carbocycles. The number of hydrogen-bond acceptors (Lipinski definition) is 4. The average molecular weight is 403 g/mol. The van der Waals surface area contributed by atoms with Crippen molar-refractivity contribution in [2.45, 2.75) is 45.3 Å². The number of benzene rings is 1. The Morgan fingerprint density at radius 3 is 2.52 bits per heavy atom. The number of rotatable bonds is 5. The number of carbonyl (C=O) groups is 1. The smallest absolute Gasteiger partial charge is 0.417 e. The van der Waals surface area contributed by atoms with E-state index in [1.165, 1.54) is 4.68 Å². The zero-order valence-electron chi connectivity index (χ0n) is 16.1. The molecule has 1 aromatic carbocycles. The number of aryl methyl sites for hydroxylation is 1. The fourth-order valence-electron chi connectivity index (χ4n) is 3.38. The lowest BCUT2D eigenvalue weighted by Gasteiger charge is -2.12. The quantitative estimate of drug-likeness (QED) is 0.571. The van der Waals surface area contributed by atoms with Crippen molar-refractivity contribution in [3.8, 4) is 11.3 Å². The first kappa shape index (κ1) is 19.4. The maximum absolute atomic E-state index is 14.0. The van der Waals surface area contributed by atoms with Gasteiger partial charge in [0.15, 0.2) is 5.65 Å². The summed E-state index contributed by atoms with van der Waals surface area (Å²) in [5.41, 5.74) is 1.41. The topological polar surface area (TPSA) is 57.0 Å². The summed E-state index contributed by atoms with van der Waals surface area (Å²) in [6.07, 6.45) is -3.01. The predicted molar refractivity (Wildman–Crippen MR) is 101 cm³/mol. The second-order valence-corrected chi connectivity index (χ2v) is 7.24. The van der Waals surface area contributed by atoms with Gasteiger partial charge in [0, 0.05) is 11.5 Å². The lowest BCUT2D eigenvalue weighted by atomic mass is 10.0. The Bertz CT molecular complexity index is 1070. The number of aromatic nitrogens is 3. The second kappa shape index (κ2) is 7.17. The van der Waals surface area contributed by atoms with Crippen LogP contribution >= 0.6 is 0 Å². The summed E-state index contributed by atoms with van der Waals surface area (Å²) >= 11 is 0. The van der Waals surface area contributed by atoms with Gasteiger partial charge in [-0.1, -0.05) is 29.8 Å². The van der Waals surface area contributed by atoms with E-state index in [1.54, 1.807) is 19.1 Å². The zero-order valence-corrected chi connectivity index (χ0v) is 16.1. The van der Waals surface area contributed by atoms with Crippen molar-refractivity contribution in [3.63, 3.8) is 0 Å². The van der Waals surface area contributed by atoms with Crippen LogP contribution in [0.1, 0.15) is 42.5 Å². The Hall–Kier alpha value is -2.90. The molecule has 0 aliphatic heterocycles. The molecule has 3 aromatic rings. The Balaban J connectivity index is 1.95. The van der Waals surface area contributed by atoms with Gasteiger partial charge in [-0.15, -0.1) is 0 Å². The number of ether oxygens (including phenoxy) is 1. The van der Waals surface area contributed by atoms with Crippen molar-refractivity contribution in [3.05, 3.63) is 47.2 Å². The number of halogens is 3. The number of alkyl halides is 3. The van der Waals surface area contributed by atoms with Gasteiger partial charge in [0.2, 0.25) is 0 Å². The minimum Gasteiger partial charge on any atom is -0.465 e. The Labute approximate surface area is 165 Å². The minimum absolute atomic E-state index is 0.0137. The lowest BCUT2D eigenvalue weighted by Crippen LogP contribution is -2.15. The molecule has 0 unspecified atom stereocenters. The van der Waals surface area contributed by atoms with Crippen molar-refractivity contribution >= 4 is 17.0 Å². The molecule has 4 rings (SSSR count). The molecule has 1 aliphatic rings. The fraction of sp³-hybridized carbons (Fsp3) is 0.381. The number of nitrogens with zero attached hydrogens (tertiary/aromatic N) is 3. The van der Waals surface area contributed by atoms with Crippen LogP contribution in [0.3, 0.4) is 0 Å². The maximum Gasteiger partial charge on any atom is 0.417 e. The summed E-state index contributed by atoms with van der Waals surface area (Å²) in [6.45, 7) is 3.48. The van der Waals surface area contributed by atoms with Crippen LogP contribution in [-0.4, -0.2) is 27.3 Å². The van der Waals surface area contributed by atoms with E-state index in [4.69, 9.17) is 4.74 Å². The third-order valence-electron chi connectivity index (χ3n) is 4.93. The van der Waals surface area contributed by atoms with Crippen LogP contribution in [0.5, 0.6) is 0 Å². The highest BCUT2D eigenvalue weighted by molar-refractivity contribution is 5.87. The molecule has 1 aliphatic carbocycles. The molecular formula is C21H20F3N3O2. The molecule has 152 valence electrons. The van der Waals surface area contributed by atoms with Crippen molar-refractivity contribution in [2.24, 2.45) is 0 Å². The highest BCUT2D eigenvalue weighted by Crippen LogP contribution is 2.46. The SMILES string of the molecule is CCOC(=O)Cn1nc(C2CC2)c2c(C(F)(F)F)cc(-c3ccc(C)cc3)nc21. The number of esters is 1. The molecule has 8 heteroatoms. The van der Waals surface area contributed by atoms with E-state index in [-0.39, 0.29) is 35.8 Å².